The van der Waals surface area contributed by atoms with Crippen molar-refractivity contribution in [1.82, 2.24) is 4.90 Å². The molecular weight excluding hydrogens is 284 g/mol. The number of halogens is 1. The van der Waals surface area contributed by atoms with E-state index in [4.69, 9.17) is 11.6 Å². The van der Waals surface area contributed by atoms with E-state index in [9.17, 15) is 13.2 Å². The van der Waals surface area contributed by atoms with E-state index < -0.39 is 9.84 Å². The standard InChI is InChI=1S/C9H13ClN2O3S2/c1-2-12-6-4-17(14,15)5-7(6)16-9(12)11-8(13)3-10/h6-7H,2-5H2,1H3/t6-,7+/m1/s1. The van der Waals surface area contributed by atoms with Crippen LogP contribution in [0.15, 0.2) is 4.99 Å². The van der Waals surface area contributed by atoms with Crippen LogP contribution in [-0.4, -0.2) is 59.6 Å². The molecule has 2 rings (SSSR count). The van der Waals surface area contributed by atoms with Crippen LogP contribution in [0.3, 0.4) is 0 Å². The van der Waals surface area contributed by atoms with Gasteiger partial charge in [0, 0.05) is 11.8 Å². The lowest BCUT2D eigenvalue weighted by Gasteiger charge is -2.21. The molecule has 0 unspecified atom stereocenters. The minimum atomic E-state index is -2.93. The summed E-state index contributed by atoms with van der Waals surface area (Å²) in [7, 11) is -2.93. The zero-order chi connectivity index (χ0) is 12.6. The molecule has 0 spiro atoms. The molecule has 0 N–H and O–H groups in total. The van der Waals surface area contributed by atoms with Gasteiger partial charge in [0.05, 0.1) is 17.5 Å². The third-order valence-corrected chi connectivity index (χ3v) is 6.33. The molecule has 8 heteroatoms. The van der Waals surface area contributed by atoms with E-state index in [0.29, 0.717) is 11.7 Å². The Bertz CT molecular complexity index is 463. The zero-order valence-electron chi connectivity index (χ0n) is 9.30. The van der Waals surface area contributed by atoms with Gasteiger partial charge in [0.25, 0.3) is 5.91 Å². The van der Waals surface area contributed by atoms with Crippen LogP contribution in [0.2, 0.25) is 0 Å². The van der Waals surface area contributed by atoms with Crippen molar-refractivity contribution >= 4 is 44.3 Å². The normalized spacial score (nSPS) is 33.1. The first-order valence-electron chi connectivity index (χ1n) is 5.28. The van der Waals surface area contributed by atoms with Crippen molar-refractivity contribution in [2.75, 3.05) is 23.9 Å². The maximum atomic E-state index is 11.5. The van der Waals surface area contributed by atoms with Gasteiger partial charge in [0.1, 0.15) is 5.88 Å². The first-order valence-corrected chi connectivity index (χ1v) is 8.51. The molecular formula is C9H13ClN2O3S2. The van der Waals surface area contributed by atoms with E-state index in [1.165, 1.54) is 11.8 Å². The molecule has 0 bridgehead atoms. The molecule has 2 aliphatic heterocycles. The number of amidine groups is 1. The minimum absolute atomic E-state index is 0.00169. The van der Waals surface area contributed by atoms with E-state index in [-0.39, 0.29) is 34.6 Å². The second-order valence-corrected chi connectivity index (χ2v) is 7.64. The quantitative estimate of drug-likeness (QED) is 0.688. The summed E-state index contributed by atoms with van der Waals surface area (Å²) in [6, 6.07) is -0.0446. The Balaban J connectivity index is 2.22. The molecule has 0 aromatic carbocycles. The van der Waals surface area contributed by atoms with Crippen molar-refractivity contribution in [3.05, 3.63) is 0 Å². The molecule has 0 aromatic heterocycles. The van der Waals surface area contributed by atoms with Gasteiger partial charge in [0.2, 0.25) is 0 Å². The largest absolute Gasteiger partial charge is 0.346 e. The highest BCUT2D eigenvalue weighted by atomic mass is 35.5. The van der Waals surface area contributed by atoms with E-state index in [1.54, 1.807) is 0 Å². The van der Waals surface area contributed by atoms with Crippen LogP contribution >= 0.6 is 23.4 Å². The van der Waals surface area contributed by atoms with Crippen molar-refractivity contribution in [3.63, 3.8) is 0 Å². The number of amides is 1. The number of aliphatic imine (C=N–C) groups is 1. The van der Waals surface area contributed by atoms with E-state index in [2.05, 4.69) is 4.99 Å². The third kappa shape index (κ3) is 2.61. The summed E-state index contributed by atoms with van der Waals surface area (Å²) in [5.74, 6) is -0.190. The summed E-state index contributed by atoms with van der Waals surface area (Å²) in [5.41, 5.74) is 0. The lowest BCUT2D eigenvalue weighted by molar-refractivity contribution is -0.115. The van der Waals surface area contributed by atoms with Gasteiger partial charge in [0.15, 0.2) is 15.0 Å². The van der Waals surface area contributed by atoms with Crippen LogP contribution in [0.4, 0.5) is 0 Å². The fourth-order valence-corrected chi connectivity index (χ4v) is 6.23. The third-order valence-electron chi connectivity index (χ3n) is 2.85. The SMILES string of the molecule is CCN1C(=NC(=O)CCl)S[C@H]2CS(=O)(=O)C[C@H]21. The highest BCUT2D eigenvalue weighted by Crippen LogP contribution is 2.37. The molecule has 2 heterocycles. The Morgan fingerprint density at radius 3 is 2.88 bits per heavy atom. The average Bonchev–Trinajstić information content (AvgIpc) is 2.68. The second-order valence-electron chi connectivity index (χ2n) is 4.01. The second kappa shape index (κ2) is 4.78. The maximum absolute atomic E-state index is 11.5. The highest BCUT2D eigenvalue weighted by Gasteiger charge is 2.48. The number of carbonyl (C=O) groups is 1. The number of sulfone groups is 1. The lowest BCUT2D eigenvalue weighted by Crippen LogP contribution is -2.37. The van der Waals surface area contributed by atoms with Gasteiger partial charge in [-0.05, 0) is 6.92 Å². The van der Waals surface area contributed by atoms with Crippen molar-refractivity contribution < 1.29 is 13.2 Å². The average molecular weight is 297 g/mol. The number of hydrogen-bond acceptors (Lipinski definition) is 4. The molecule has 2 fully saturated rings. The Kier molecular flexibility index (Phi) is 3.70. The Hall–Kier alpha value is -0.270. The number of alkyl halides is 1. The number of hydrogen-bond donors (Lipinski definition) is 0. The van der Waals surface area contributed by atoms with Crippen LogP contribution in [0.5, 0.6) is 0 Å². The molecule has 0 saturated carbocycles. The predicted molar refractivity (Wildman–Crippen MR) is 69.4 cm³/mol. The molecule has 1 amide bonds. The van der Waals surface area contributed by atoms with Crippen LogP contribution in [0.25, 0.3) is 0 Å². The summed E-state index contributed by atoms with van der Waals surface area (Å²) in [6.45, 7) is 2.58. The summed E-state index contributed by atoms with van der Waals surface area (Å²) < 4.78 is 23.0. The number of rotatable bonds is 2. The summed E-state index contributed by atoms with van der Waals surface area (Å²) in [4.78, 5) is 17.0. The molecule has 0 aliphatic carbocycles. The van der Waals surface area contributed by atoms with E-state index >= 15 is 0 Å². The van der Waals surface area contributed by atoms with Crippen LogP contribution in [0.1, 0.15) is 6.92 Å². The molecule has 17 heavy (non-hydrogen) atoms. The predicted octanol–water partition coefficient (Wildman–Crippen LogP) is 0.342. The fourth-order valence-electron chi connectivity index (χ4n) is 2.14. The van der Waals surface area contributed by atoms with E-state index in [0.717, 1.165) is 0 Å². The highest BCUT2D eigenvalue weighted by molar-refractivity contribution is 8.15. The topological polar surface area (TPSA) is 66.8 Å². The lowest BCUT2D eigenvalue weighted by atomic mass is 10.2. The number of carbonyl (C=O) groups excluding carboxylic acids is 1. The molecule has 5 nitrogen and oxygen atoms in total. The van der Waals surface area contributed by atoms with Gasteiger partial charge >= 0.3 is 0 Å². The Morgan fingerprint density at radius 2 is 2.29 bits per heavy atom. The van der Waals surface area contributed by atoms with Crippen LogP contribution in [-0.2, 0) is 14.6 Å². The van der Waals surface area contributed by atoms with Crippen molar-refractivity contribution in [3.8, 4) is 0 Å². The van der Waals surface area contributed by atoms with Gasteiger partial charge in [-0.25, -0.2) is 8.42 Å². The Morgan fingerprint density at radius 1 is 1.59 bits per heavy atom. The molecule has 2 saturated heterocycles. The smallest absolute Gasteiger partial charge is 0.262 e. The summed E-state index contributed by atoms with van der Waals surface area (Å²) in [6.07, 6.45) is 0. The summed E-state index contributed by atoms with van der Waals surface area (Å²) >= 11 is 6.78. The Labute approximate surface area is 110 Å². The first kappa shape index (κ1) is 13.2. The number of thioether (sulfide) groups is 1. The van der Waals surface area contributed by atoms with Gasteiger partial charge < -0.3 is 4.90 Å². The van der Waals surface area contributed by atoms with Gasteiger partial charge in [-0.1, -0.05) is 11.8 Å². The molecule has 96 valence electrons. The van der Waals surface area contributed by atoms with Crippen molar-refractivity contribution in [2.45, 2.75) is 18.2 Å². The molecule has 0 aromatic rings. The van der Waals surface area contributed by atoms with Crippen molar-refractivity contribution in [2.24, 2.45) is 4.99 Å². The van der Waals surface area contributed by atoms with Crippen LogP contribution in [0, 0.1) is 0 Å². The van der Waals surface area contributed by atoms with Gasteiger partial charge in [-0.2, -0.15) is 4.99 Å². The fraction of sp³-hybridized carbons (Fsp3) is 0.778. The molecule has 2 atom stereocenters. The van der Waals surface area contributed by atoms with Crippen molar-refractivity contribution in [1.29, 1.82) is 0 Å². The number of nitrogens with zero attached hydrogens (tertiary/aromatic N) is 2. The zero-order valence-corrected chi connectivity index (χ0v) is 11.7. The minimum Gasteiger partial charge on any atom is -0.346 e. The van der Waals surface area contributed by atoms with Gasteiger partial charge in [-0.3, -0.25) is 4.79 Å². The molecule has 2 aliphatic rings. The number of fused-ring (bicyclic) bond motifs is 1. The monoisotopic (exact) mass is 296 g/mol. The van der Waals surface area contributed by atoms with E-state index in [1.807, 2.05) is 11.8 Å². The van der Waals surface area contributed by atoms with Gasteiger partial charge in [-0.15, -0.1) is 11.6 Å². The molecule has 0 radical (unpaired) electrons. The first-order chi connectivity index (χ1) is 7.96. The maximum Gasteiger partial charge on any atom is 0.262 e. The summed E-state index contributed by atoms with van der Waals surface area (Å²) in [5, 5.41) is 0.616. The van der Waals surface area contributed by atoms with Crippen LogP contribution < -0.4 is 0 Å².